The molecule has 9 rings (SSSR count). The lowest BCUT2D eigenvalue weighted by Gasteiger charge is -2.13. The third kappa shape index (κ3) is 3.43. The molecule has 0 aliphatic heterocycles. The Morgan fingerprint density at radius 2 is 1.07 bits per heavy atom. The molecule has 0 radical (unpaired) electrons. The van der Waals surface area contributed by atoms with Gasteiger partial charge in [0.15, 0.2) is 0 Å². The largest absolute Gasteiger partial charge is 0.455 e. The molecule has 0 bridgehead atoms. The summed E-state index contributed by atoms with van der Waals surface area (Å²) in [6.45, 7) is 0. The number of hydrogen-bond acceptors (Lipinski definition) is 1. The third-order valence-electron chi connectivity index (χ3n) is 8.27. The minimum Gasteiger partial charge on any atom is -0.455 e. The topological polar surface area (TPSA) is 13.1 Å². The highest BCUT2D eigenvalue weighted by Gasteiger charge is 2.13. The molecule has 41 heavy (non-hydrogen) atoms. The summed E-state index contributed by atoms with van der Waals surface area (Å²) in [6, 6.07) is 40.2. The lowest BCUT2D eigenvalue weighted by molar-refractivity contribution is 0.672. The summed E-state index contributed by atoms with van der Waals surface area (Å²) in [5, 5.41) is 10.2. The molecule has 0 spiro atoms. The fraction of sp³-hybridized carbons (Fsp3) is 0. The Morgan fingerprint density at radius 1 is 0.390 bits per heavy atom. The van der Waals surface area contributed by atoms with E-state index in [-0.39, 0.29) is 29.7 Å². The van der Waals surface area contributed by atoms with Gasteiger partial charge in [0.25, 0.3) is 0 Å². The summed E-state index contributed by atoms with van der Waals surface area (Å²) in [5.74, 6) is 0. The second-order valence-corrected chi connectivity index (χ2v) is 10.6. The number of rotatable bonds is 2. The average molecular weight is 525 g/mol. The highest BCUT2D eigenvalue weighted by molar-refractivity contribution is 6.17. The van der Waals surface area contributed by atoms with Crippen LogP contribution in [0.15, 0.2) is 150 Å². The van der Waals surface area contributed by atoms with Crippen LogP contribution in [-0.4, -0.2) is 0 Å². The van der Waals surface area contributed by atoms with E-state index in [1.165, 1.54) is 0 Å². The van der Waals surface area contributed by atoms with Gasteiger partial charge in [-0.25, -0.2) is 0 Å². The summed E-state index contributed by atoms with van der Waals surface area (Å²) in [7, 11) is 0. The van der Waals surface area contributed by atoms with Gasteiger partial charge in [-0.15, -0.1) is 0 Å². The van der Waals surface area contributed by atoms with Gasteiger partial charge in [-0.2, -0.15) is 0 Å². The van der Waals surface area contributed by atoms with Crippen LogP contribution >= 0.6 is 0 Å². The van der Waals surface area contributed by atoms with Gasteiger partial charge >= 0.3 is 0 Å². The SMILES string of the molecule is [2H]c1c([2H])c(-c2cc3cc4ccccc4cc3c3ccccc23)c([2H])c([2H])c1-c1ccc2oc3c4ccccc4ccc3c2c1. The molecule has 1 heteroatoms. The Kier molecular flexibility index (Phi) is 3.92. The Balaban J connectivity index is 1.28. The van der Waals surface area contributed by atoms with Gasteiger partial charge in [0.1, 0.15) is 11.2 Å². The van der Waals surface area contributed by atoms with Crippen LogP contribution < -0.4 is 0 Å². The summed E-state index contributed by atoms with van der Waals surface area (Å²) in [4.78, 5) is 0. The standard InChI is InChI=1S/C40H24O/c1-2-9-29-22-37-31(21-28(29)8-1)24-36(33-11-5-6-12-34(33)37)27-15-13-25(14-16-27)30-18-20-39-38(23-30)35-19-17-26-7-3-4-10-32(26)40(35)41-39/h1-24H/i13D,14D,15D,16D. The first kappa shape index (κ1) is 18.8. The van der Waals surface area contributed by atoms with Crippen LogP contribution in [-0.2, 0) is 0 Å². The van der Waals surface area contributed by atoms with E-state index in [1.54, 1.807) is 0 Å². The molecular weight excluding hydrogens is 496 g/mol. The van der Waals surface area contributed by atoms with Gasteiger partial charge in [-0.05, 0) is 96.4 Å². The lowest BCUT2D eigenvalue weighted by Crippen LogP contribution is -1.86. The first-order chi connectivity index (χ1) is 22.0. The van der Waals surface area contributed by atoms with E-state index in [9.17, 15) is 2.74 Å². The van der Waals surface area contributed by atoms with Crippen LogP contribution in [0.4, 0.5) is 0 Å². The minimum atomic E-state index is -0.0636. The maximum atomic E-state index is 9.22. The average Bonchev–Trinajstić information content (AvgIpc) is 3.45. The van der Waals surface area contributed by atoms with Crippen molar-refractivity contribution in [1.82, 2.24) is 0 Å². The lowest BCUT2D eigenvalue weighted by atomic mass is 9.91. The Labute approximate surface area is 242 Å². The summed E-state index contributed by atoms with van der Waals surface area (Å²) >= 11 is 0. The molecule has 0 saturated carbocycles. The van der Waals surface area contributed by atoms with Gasteiger partial charge in [0, 0.05) is 16.2 Å². The zero-order chi connectivity index (χ0) is 30.4. The monoisotopic (exact) mass is 524 g/mol. The van der Waals surface area contributed by atoms with Crippen molar-refractivity contribution in [3.63, 3.8) is 0 Å². The summed E-state index contributed by atoms with van der Waals surface area (Å²) in [6.07, 6.45) is 0. The van der Waals surface area contributed by atoms with Crippen molar-refractivity contribution in [3.8, 4) is 22.3 Å². The fourth-order valence-electron chi connectivity index (χ4n) is 6.26. The first-order valence-electron chi connectivity index (χ1n) is 15.8. The molecule has 0 atom stereocenters. The van der Waals surface area contributed by atoms with Crippen molar-refractivity contribution in [2.75, 3.05) is 0 Å². The minimum absolute atomic E-state index is 0.0561. The quantitative estimate of drug-likeness (QED) is 0.162. The van der Waals surface area contributed by atoms with Crippen LogP contribution in [0.25, 0.3) is 87.3 Å². The number of benzene rings is 8. The van der Waals surface area contributed by atoms with Gasteiger partial charge in [-0.3, -0.25) is 0 Å². The van der Waals surface area contributed by atoms with E-state index >= 15 is 0 Å². The molecule has 0 N–H and O–H groups in total. The van der Waals surface area contributed by atoms with Crippen LogP contribution in [0.5, 0.6) is 0 Å². The van der Waals surface area contributed by atoms with E-state index in [4.69, 9.17) is 7.16 Å². The number of hydrogen-bond donors (Lipinski definition) is 0. The van der Waals surface area contributed by atoms with Crippen molar-refractivity contribution >= 4 is 65.0 Å². The van der Waals surface area contributed by atoms with E-state index in [2.05, 4.69) is 42.5 Å². The van der Waals surface area contributed by atoms with E-state index in [0.717, 1.165) is 59.4 Å². The van der Waals surface area contributed by atoms with Crippen molar-refractivity contribution < 1.29 is 9.90 Å². The van der Waals surface area contributed by atoms with Crippen molar-refractivity contribution in [1.29, 1.82) is 0 Å². The summed E-state index contributed by atoms with van der Waals surface area (Å²) < 4.78 is 43.1. The molecule has 0 fully saturated rings. The van der Waals surface area contributed by atoms with Crippen LogP contribution in [0, 0.1) is 0 Å². The third-order valence-corrected chi connectivity index (χ3v) is 8.27. The van der Waals surface area contributed by atoms with E-state index in [1.807, 2.05) is 78.9 Å². The first-order valence-corrected chi connectivity index (χ1v) is 13.8. The Bertz CT molecular complexity index is 2680. The molecule has 1 heterocycles. The van der Waals surface area contributed by atoms with Gasteiger partial charge < -0.3 is 4.42 Å². The van der Waals surface area contributed by atoms with Crippen molar-refractivity contribution in [3.05, 3.63) is 145 Å². The maximum Gasteiger partial charge on any atom is 0.143 e. The molecule has 8 aromatic carbocycles. The number of fused-ring (bicyclic) bond motifs is 9. The van der Waals surface area contributed by atoms with Crippen molar-refractivity contribution in [2.45, 2.75) is 0 Å². The zero-order valence-corrected chi connectivity index (χ0v) is 22.0. The zero-order valence-electron chi connectivity index (χ0n) is 26.0. The van der Waals surface area contributed by atoms with Crippen LogP contribution in [0.2, 0.25) is 0 Å². The highest BCUT2D eigenvalue weighted by Crippen LogP contribution is 2.39. The molecule has 1 nitrogen and oxygen atoms in total. The normalized spacial score (nSPS) is 13.3. The van der Waals surface area contributed by atoms with E-state index < -0.39 is 0 Å². The van der Waals surface area contributed by atoms with E-state index in [0.29, 0.717) is 22.3 Å². The molecule has 0 saturated heterocycles. The molecular formula is C40H24O. The molecule has 0 aliphatic rings. The smallest absolute Gasteiger partial charge is 0.143 e. The van der Waals surface area contributed by atoms with Gasteiger partial charge in [-0.1, -0.05) is 109 Å². The Hall–Kier alpha value is -5.40. The Morgan fingerprint density at radius 3 is 1.90 bits per heavy atom. The number of furan rings is 1. The molecule has 190 valence electrons. The maximum absolute atomic E-state index is 9.22. The fourth-order valence-corrected chi connectivity index (χ4v) is 6.26. The molecule has 0 unspecified atom stereocenters. The second-order valence-electron chi connectivity index (χ2n) is 10.6. The van der Waals surface area contributed by atoms with Gasteiger partial charge in [0.2, 0.25) is 0 Å². The predicted molar refractivity (Wildman–Crippen MR) is 175 cm³/mol. The van der Waals surface area contributed by atoms with Gasteiger partial charge in [0.05, 0.1) is 5.48 Å². The highest BCUT2D eigenvalue weighted by atomic mass is 16.3. The molecule has 0 aliphatic carbocycles. The second kappa shape index (κ2) is 8.55. The molecule has 0 amide bonds. The molecule has 1 aromatic heterocycles. The van der Waals surface area contributed by atoms with Crippen molar-refractivity contribution in [2.24, 2.45) is 0 Å². The predicted octanol–water partition coefficient (Wildman–Crippen LogP) is 11.5. The summed E-state index contributed by atoms with van der Waals surface area (Å²) in [5.41, 5.74) is 3.42. The van der Waals surface area contributed by atoms with Crippen LogP contribution in [0.3, 0.4) is 0 Å². The van der Waals surface area contributed by atoms with Crippen LogP contribution in [0.1, 0.15) is 5.48 Å². The molecule has 9 aromatic rings.